The van der Waals surface area contributed by atoms with E-state index in [1.54, 1.807) is 23.1 Å². The number of amides is 1. The fraction of sp³-hybridized carbons (Fsp3) is 0.286. The molecule has 0 aliphatic carbocycles. The zero-order valence-corrected chi connectivity index (χ0v) is 16.2. The third-order valence-corrected chi connectivity index (χ3v) is 4.74. The molecule has 1 aromatic heterocycles. The predicted octanol–water partition coefficient (Wildman–Crippen LogP) is 3.87. The highest BCUT2D eigenvalue weighted by atomic mass is 35.5. The molecule has 0 bridgehead atoms. The van der Waals surface area contributed by atoms with Gasteiger partial charge in [-0.25, -0.2) is 4.98 Å². The van der Waals surface area contributed by atoms with Gasteiger partial charge in [0, 0.05) is 11.6 Å². The first-order valence-electron chi connectivity index (χ1n) is 8.98. The monoisotopic (exact) mass is 383 g/mol. The minimum absolute atomic E-state index is 0.0139. The van der Waals surface area contributed by atoms with Gasteiger partial charge in [0.1, 0.15) is 5.82 Å². The lowest BCUT2D eigenvalue weighted by Crippen LogP contribution is -2.34. The molecule has 0 spiro atoms. The number of nitrogens with one attached hydrogen (secondary N) is 1. The Bertz CT molecular complexity index is 1030. The van der Waals surface area contributed by atoms with E-state index in [-0.39, 0.29) is 18.0 Å². The van der Waals surface area contributed by atoms with Crippen LogP contribution in [0.15, 0.2) is 47.3 Å². The summed E-state index contributed by atoms with van der Waals surface area (Å²) in [6.07, 6.45) is 1.15. The van der Waals surface area contributed by atoms with Crippen molar-refractivity contribution in [3.63, 3.8) is 0 Å². The third kappa shape index (κ3) is 4.55. The highest BCUT2D eigenvalue weighted by Crippen LogP contribution is 2.16. The van der Waals surface area contributed by atoms with Crippen LogP contribution < -0.4 is 5.56 Å². The lowest BCUT2D eigenvalue weighted by molar-refractivity contribution is -0.131. The second kappa shape index (κ2) is 8.35. The van der Waals surface area contributed by atoms with Gasteiger partial charge >= 0.3 is 0 Å². The van der Waals surface area contributed by atoms with Crippen LogP contribution in [-0.4, -0.2) is 27.3 Å². The van der Waals surface area contributed by atoms with Crippen molar-refractivity contribution in [2.24, 2.45) is 0 Å². The van der Waals surface area contributed by atoms with E-state index in [9.17, 15) is 9.59 Å². The SMILES string of the molecule is CCCN(Cc1nc2cc(Cl)ccc2c(=O)[nH]1)C(=O)Cc1ccccc1C. The number of aromatic amines is 1. The minimum atomic E-state index is -0.227. The Hall–Kier alpha value is -2.66. The second-order valence-electron chi connectivity index (χ2n) is 6.59. The minimum Gasteiger partial charge on any atom is -0.335 e. The topological polar surface area (TPSA) is 66.1 Å². The van der Waals surface area contributed by atoms with E-state index in [4.69, 9.17) is 11.6 Å². The molecule has 3 rings (SSSR count). The molecule has 2 aromatic carbocycles. The third-order valence-electron chi connectivity index (χ3n) is 4.51. The molecular weight excluding hydrogens is 362 g/mol. The quantitative estimate of drug-likeness (QED) is 0.702. The summed E-state index contributed by atoms with van der Waals surface area (Å²) in [5.41, 5.74) is 2.41. The van der Waals surface area contributed by atoms with Crippen LogP contribution >= 0.6 is 11.6 Å². The molecule has 0 atom stereocenters. The summed E-state index contributed by atoms with van der Waals surface area (Å²) in [5.74, 6) is 0.473. The Morgan fingerprint density at radius 1 is 1.22 bits per heavy atom. The number of aryl methyl sites for hydroxylation is 1. The molecule has 0 radical (unpaired) electrons. The Morgan fingerprint density at radius 2 is 2.00 bits per heavy atom. The summed E-state index contributed by atoms with van der Waals surface area (Å²) in [6.45, 7) is 4.88. The van der Waals surface area contributed by atoms with Crippen molar-refractivity contribution in [3.05, 3.63) is 74.8 Å². The molecule has 0 saturated carbocycles. The first kappa shape index (κ1) is 19.1. The van der Waals surface area contributed by atoms with Gasteiger partial charge in [0.15, 0.2) is 0 Å². The molecule has 1 heterocycles. The molecular formula is C21H22ClN3O2. The number of carbonyl (C=O) groups is 1. The molecule has 5 nitrogen and oxygen atoms in total. The molecule has 0 saturated heterocycles. The zero-order valence-electron chi connectivity index (χ0n) is 15.5. The number of hydrogen-bond donors (Lipinski definition) is 1. The van der Waals surface area contributed by atoms with E-state index in [0.29, 0.717) is 34.7 Å². The number of rotatable bonds is 6. The average Bonchev–Trinajstić information content (AvgIpc) is 2.63. The Labute approximate surface area is 163 Å². The van der Waals surface area contributed by atoms with E-state index in [0.717, 1.165) is 17.5 Å². The fourth-order valence-electron chi connectivity index (χ4n) is 3.06. The van der Waals surface area contributed by atoms with E-state index in [2.05, 4.69) is 9.97 Å². The van der Waals surface area contributed by atoms with Crippen molar-refractivity contribution in [2.75, 3.05) is 6.54 Å². The molecule has 0 unspecified atom stereocenters. The Morgan fingerprint density at radius 3 is 2.74 bits per heavy atom. The van der Waals surface area contributed by atoms with Crippen molar-refractivity contribution in [3.8, 4) is 0 Å². The summed E-state index contributed by atoms with van der Waals surface area (Å²) in [4.78, 5) is 34.2. The molecule has 0 aliphatic rings. The number of nitrogens with zero attached hydrogens (tertiary/aromatic N) is 2. The predicted molar refractivity (Wildman–Crippen MR) is 108 cm³/mol. The van der Waals surface area contributed by atoms with Gasteiger partial charge in [-0.2, -0.15) is 0 Å². The summed E-state index contributed by atoms with van der Waals surface area (Å²) >= 11 is 6.02. The van der Waals surface area contributed by atoms with Crippen LogP contribution in [0.5, 0.6) is 0 Å². The summed E-state index contributed by atoms with van der Waals surface area (Å²) in [7, 11) is 0. The van der Waals surface area contributed by atoms with E-state index in [1.165, 1.54) is 0 Å². The van der Waals surface area contributed by atoms with Gasteiger partial charge in [-0.05, 0) is 42.7 Å². The molecule has 27 heavy (non-hydrogen) atoms. The van der Waals surface area contributed by atoms with Gasteiger partial charge in [-0.3, -0.25) is 9.59 Å². The van der Waals surface area contributed by atoms with Gasteiger partial charge in [0.2, 0.25) is 5.91 Å². The standard InChI is InChI=1S/C21H22ClN3O2/c1-3-10-25(20(26)11-15-7-5-4-6-14(15)2)13-19-23-18-12-16(22)8-9-17(18)21(27)24-19/h4-9,12H,3,10-11,13H2,1-2H3,(H,23,24,27). The maximum absolute atomic E-state index is 12.8. The lowest BCUT2D eigenvalue weighted by Gasteiger charge is -2.22. The van der Waals surface area contributed by atoms with Crippen molar-refractivity contribution in [1.82, 2.24) is 14.9 Å². The Kier molecular flexibility index (Phi) is 5.91. The van der Waals surface area contributed by atoms with Gasteiger partial charge in [0.05, 0.1) is 23.9 Å². The van der Waals surface area contributed by atoms with Crippen molar-refractivity contribution in [1.29, 1.82) is 0 Å². The van der Waals surface area contributed by atoms with Crippen LogP contribution in [0.1, 0.15) is 30.3 Å². The molecule has 0 aliphatic heterocycles. The average molecular weight is 384 g/mol. The maximum Gasteiger partial charge on any atom is 0.258 e. The summed E-state index contributed by atoms with van der Waals surface area (Å²) in [6, 6.07) is 12.8. The van der Waals surface area contributed by atoms with Crippen LogP contribution in [-0.2, 0) is 17.8 Å². The number of H-pyrrole nitrogens is 1. The van der Waals surface area contributed by atoms with E-state index in [1.807, 2.05) is 38.1 Å². The highest BCUT2D eigenvalue weighted by molar-refractivity contribution is 6.31. The number of aromatic nitrogens is 2. The van der Waals surface area contributed by atoms with Gasteiger partial charge < -0.3 is 9.88 Å². The molecule has 1 N–H and O–H groups in total. The van der Waals surface area contributed by atoms with Gasteiger partial charge in [0.25, 0.3) is 5.56 Å². The maximum atomic E-state index is 12.8. The number of carbonyl (C=O) groups excluding carboxylic acids is 1. The van der Waals surface area contributed by atoms with E-state index < -0.39 is 0 Å². The number of fused-ring (bicyclic) bond motifs is 1. The zero-order chi connectivity index (χ0) is 19.4. The number of hydrogen-bond acceptors (Lipinski definition) is 3. The highest BCUT2D eigenvalue weighted by Gasteiger charge is 2.16. The van der Waals surface area contributed by atoms with Crippen molar-refractivity contribution >= 4 is 28.4 Å². The number of benzene rings is 2. The molecule has 1 amide bonds. The van der Waals surface area contributed by atoms with Crippen molar-refractivity contribution in [2.45, 2.75) is 33.2 Å². The molecule has 3 aromatic rings. The van der Waals surface area contributed by atoms with Crippen LogP contribution in [0.4, 0.5) is 0 Å². The summed E-state index contributed by atoms with van der Waals surface area (Å²) < 4.78 is 0. The number of halogens is 1. The van der Waals surface area contributed by atoms with Crippen LogP contribution in [0, 0.1) is 6.92 Å². The Balaban J connectivity index is 1.85. The fourth-order valence-corrected chi connectivity index (χ4v) is 3.23. The van der Waals surface area contributed by atoms with Gasteiger partial charge in [-0.1, -0.05) is 42.8 Å². The normalized spacial score (nSPS) is 10.9. The van der Waals surface area contributed by atoms with Crippen LogP contribution in [0.3, 0.4) is 0 Å². The van der Waals surface area contributed by atoms with Gasteiger partial charge in [-0.15, -0.1) is 0 Å². The smallest absolute Gasteiger partial charge is 0.258 e. The van der Waals surface area contributed by atoms with Crippen LogP contribution in [0.25, 0.3) is 10.9 Å². The van der Waals surface area contributed by atoms with E-state index >= 15 is 0 Å². The van der Waals surface area contributed by atoms with Crippen molar-refractivity contribution < 1.29 is 4.79 Å². The largest absolute Gasteiger partial charge is 0.335 e. The summed E-state index contributed by atoms with van der Waals surface area (Å²) in [5, 5.41) is 1.00. The molecule has 0 fully saturated rings. The van der Waals surface area contributed by atoms with Crippen LogP contribution in [0.2, 0.25) is 5.02 Å². The first-order chi connectivity index (χ1) is 13.0. The lowest BCUT2D eigenvalue weighted by atomic mass is 10.1. The molecule has 6 heteroatoms. The first-order valence-corrected chi connectivity index (χ1v) is 9.36. The second-order valence-corrected chi connectivity index (χ2v) is 7.03. The molecule has 140 valence electrons.